The number of benzene rings is 2. The molecule has 30 heavy (non-hydrogen) atoms. The topological polar surface area (TPSA) is 50.8 Å². The van der Waals surface area contributed by atoms with Crippen molar-refractivity contribution in [3.63, 3.8) is 0 Å². The van der Waals surface area contributed by atoms with E-state index in [2.05, 4.69) is 21.2 Å². The van der Waals surface area contributed by atoms with Gasteiger partial charge in [-0.1, -0.05) is 19.1 Å². The van der Waals surface area contributed by atoms with Gasteiger partial charge in [-0.25, -0.2) is 4.39 Å². The number of rotatable bonds is 8. The highest BCUT2D eigenvalue weighted by Crippen LogP contribution is 2.38. The van der Waals surface area contributed by atoms with Crippen LogP contribution in [0.1, 0.15) is 31.4 Å². The molecule has 1 amide bonds. The van der Waals surface area contributed by atoms with Crippen molar-refractivity contribution in [1.29, 1.82) is 0 Å². The van der Waals surface area contributed by atoms with E-state index in [4.69, 9.17) is 21.7 Å². The number of halogens is 2. The van der Waals surface area contributed by atoms with Gasteiger partial charge in [-0.3, -0.25) is 9.69 Å². The lowest BCUT2D eigenvalue weighted by atomic mass is 10.1. The lowest BCUT2D eigenvalue weighted by molar-refractivity contribution is -0.122. The SMILES string of the molecule is CCCN1C(=O)/C(=C/c2cc(Br)c(OCc3ccc(F)cc3)c(OCC)c2)NC1=S. The number of nitrogens with zero attached hydrogens (tertiary/aromatic N) is 1. The molecule has 1 N–H and O–H groups in total. The Hall–Kier alpha value is -2.45. The molecule has 2 aromatic carbocycles. The molecule has 1 heterocycles. The highest BCUT2D eigenvalue weighted by Gasteiger charge is 2.29. The molecule has 1 saturated heterocycles. The summed E-state index contributed by atoms with van der Waals surface area (Å²) in [6.45, 7) is 5.16. The predicted octanol–water partition coefficient (Wildman–Crippen LogP) is 5.03. The molecular weight excluding hydrogens is 471 g/mol. The number of nitrogens with one attached hydrogen (secondary N) is 1. The van der Waals surface area contributed by atoms with Gasteiger partial charge >= 0.3 is 0 Å². The summed E-state index contributed by atoms with van der Waals surface area (Å²) >= 11 is 8.79. The summed E-state index contributed by atoms with van der Waals surface area (Å²) in [7, 11) is 0. The van der Waals surface area contributed by atoms with Crippen molar-refractivity contribution < 1.29 is 18.7 Å². The molecule has 0 aromatic heterocycles. The van der Waals surface area contributed by atoms with Gasteiger partial charge in [0, 0.05) is 6.54 Å². The average molecular weight is 493 g/mol. The summed E-state index contributed by atoms with van der Waals surface area (Å²) in [5.41, 5.74) is 2.02. The normalized spacial score (nSPS) is 14.9. The Bertz CT molecular complexity index is 979. The fraction of sp³-hybridized carbons (Fsp3) is 0.273. The largest absolute Gasteiger partial charge is 0.490 e. The van der Waals surface area contributed by atoms with Gasteiger partial charge in [0.25, 0.3) is 5.91 Å². The number of carbonyl (C=O) groups is 1. The second-order valence-corrected chi connectivity index (χ2v) is 7.86. The molecule has 0 unspecified atom stereocenters. The molecule has 0 bridgehead atoms. The molecular formula is C22H22BrFN2O3S. The molecule has 1 aliphatic rings. The molecule has 5 nitrogen and oxygen atoms in total. The number of hydrogen-bond donors (Lipinski definition) is 1. The Balaban J connectivity index is 1.85. The van der Waals surface area contributed by atoms with E-state index in [0.717, 1.165) is 17.5 Å². The zero-order chi connectivity index (χ0) is 21.7. The summed E-state index contributed by atoms with van der Waals surface area (Å²) in [6, 6.07) is 9.78. The van der Waals surface area contributed by atoms with E-state index in [1.807, 2.05) is 26.0 Å². The standard InChI is InChI=1S/C22H22BrFN2O3S/c1-3-9-26-21(27)18(25-22(26)30)11-15-10-17(23)20(19(12-15)28-4-2)29-13-14-5-7-16(24)8-6-14/h5-8,10-12H,3-4,9,13H2,1-2H3,(H,25,30)/b18-11-. The van der Waals surface area contributed by atoms with Gasteiger partial charge in [-0.05, 0) is 83.0 Å². The first-order valence-electron chi connectivity index (χ1n) is 9.61. The van der Waals surface area contributed by atoms with E-state index in [0.29, 0.717) is 39.9 Å². The highest BCUT2D eigenvalue weighted by atomic mass is 79.9. The molecule has 1 fully saturated rings. The van der Waals surface area contributed by atoms with Crippen LogP contribution < -0.4 is 14.8 Å². The molecule has 0 saturated carbocycles. The van der Waals surface area contributed by atoms with E-state index in [1.54, 1.807) is 23.1 Å². The van der Waals surface area contributed by atoms with Crippen molar-refractivity contribution in [2.75, 3.05) is 13.2 Å². The maximum atomic E-state index is 13.1. The van der Waals surface area contributed by atoms with Crippen molar-refractivity contribution >= 4 is 45.2 Å². The molecule has 3 rings (SSSR count). The van der Waals surface area contributed by atoms with Crippen LogP contribution in [0, 0.1) is 5.82 Å². The number of hydrogen-bond acceptors (Lipinski definition) is 4. The lowest BCUT2D eigenvalue weighted by Gasteiger charge is -2.15. The van der Waals surface area contributed by atoms with E-state index >= 15 is 0 Å². The van der Waals surface area contributed by atoms with Crippen LogP contribution >= 0.6 is 28.1 Å². The minimum Gasteiger partial charge on any atom is -0.490 e. The molecule has 0 aliphatic carbocycles. The number of carbonyl (C=O) groups excluding carboxylic acids is 1. The molecule has 2 aromatic rings. The summed E-state index contributed by atoms with van der Waals surface area (Å²) in [4.78, 5) is 14.1. The number of amides is 1. The predicted molar refractivity (Wildman–Crippen MR) is 122 cm³/mol. The van der Waals surface area contributed by atoms with Crippen LogP contribution in [0.2, 0.25) is 0 Å². The Labute approximate surface area is 189 Å². The van der Waals surface area contributed by atoms with E-state index < -0.39 is 0 Å². The molecule has 158 valence electrons. The molecule has 0 spiro atoms. The van der Waals surface area contributed by atoms with Crippen LogP contribution in [0.3, 0.4) is 0 Å². The van der Waals surface area contributed by atoms with Crippen molar-refractivity contribution in [1.82, 2.24) is 10.2 Å². The zero-order valence-electron chi connectivity index (χ0n) is 16.7. The van der Waals surface area contributed by atoms with E-state index in [-0.39, 0.29) is 18.3 Å². The van der Waals surface area contributed by atoms with Gasteiger partial charge in [-0.15, -0.1) is 0 Å². The van der Waals surface area contributed by atoms with Crippen LogP contribution in [0.25, 0.3) is 6.08 Å². The minimum atomic E-state index is -0.292. The summed E-state index contributed by atoms with van der Waals surface area (Å²) in [5, 5.41) is 3.39. The number of thiocarbonyl (C=S) groups is 1. The number of ether oxygens (including phenoxy) is 2. The van der Waals surface area contributed by atoms with Crippen molar-refractivity contribution in [2.24, 2.45) is 0 Å². The van der Waals surface area contributed by atoms with Crippen LogP contribution in [0.15, 0.2) is 46.6 Å². The fourth-order valence-electron chi connectivity index (χ4n) is 2.98. The first-order chi connectivity index (χ1) is 14.4. The van der Waals surface area contributed by atoms with Gasteiger partial charge < -0.3 is 14.8 Å². The van der Waals surface area contributed by atoms with Crippen LogP contribution in [-0.2, 0) is 11.4 Å². The molecule has 1 aliphatic heterocycles. The Morgan fingerprint density at radius 3 is 2.60 bits per heavy atom. The van der Waals surface area contributed by atoms with Gasteiger partial charge in [0.1, 0.15) is 18.1 Å². The smallest absolute Gasteiger partial charge is 0.276 e. The third-order valence-corrected chi connectivity index (χ3v) is 5.26. The first-order valence-corrected chi connectivity index (χ1v) is 10.8. The van der Waals surface area contributed by atoms with E-state index in [9.17, 15) is 9.18 Å². The van der Waals surface area contributed by atoms with Crippen LogP contribution in [0.4, 0.5) is 4.39 Å². The van der Waals surface area contributed by atoms with Gasteiger partial charge in [0.2, 0.25) is 0 Å². The second kappa shape index (κ2) is 10.0. The van der Waals surface area contributed by atoms with Gasteiger partial charge in [0.15, 0.2) is 16.6 Å². The Kier molecular flexibility index (Phi) is 7.44. The maximum Gasteiger partial charge on any atom is 0.276 e. The second-order valence-electron chi connectivity index (χ2n) is 6.62. The average Bonchev–Trinajstić information content (AvgIpc) is 2.97. The summed E-state index contributed by atoms with van der Waals surface area (Å²) in [5.74, 6) is 0.642. The fourth-order valence-corrected chi connectivity index (χ4v) is 3.83. The highest BCUT2D eigenvalue weighted by molar-refractivity contribution is 9.10. The third kappa shape index (κ3) is 5.17. The van der Waals surface area contributed by atoms with Crippen molar-refractivity contribution in [3.05, 3.63) is 63.5 Å². The summed E-state index contributed by atoms with van der Waals surface area (Å²) < 4.78 is 25.5. The van der Waals surface area contributed by atoms with Crippen molar-refractivity contribution in [3.8, 4) is 11.5 Å². The van der Waals surface area contributed by atoms with Crippen molar-refractivity contribution in [2.45, 2.75) is 26.9 Å². The molecule has 8 heteroatoms. The first kappa shape index (κ1) is 22.2. The summed E-state index contributed by atoms with van der Waals surface area (Å²) in [6.07, 6.45) is 2.56. The van der Waals surface area contributed by atoms with Crippen LogP contribution in [-0.4, -0.2) is 29.1 Å². The maximum absolute atomic E-state index is 13.1. The lowest BCUT2D eigenvalue weighted by Crippen LogP contribution is -2.31. The quantitative estimate of drug-likeness (QED) is 0.413. The molecule has 0 radical (unpaired) electrons. The monoisotopic (exact) mass is 492 g/mol. The zero-order valence-corrected chi connectivity index (χ0v) is 19.1. The van der Waals surface area contributed by atoms with Crippen LogP contribution in [0.5, 0.6) is 11.5 Å². The van der Waals surface area contributed by atoms with E-state index in [1.165, 1.54) is 12.1 Å². The minimum absolute atomic E-state index is 0.146. The van der Waals surface area contributed by atoms with Gasteiger partial charge in [0.05, 0.1) is 11.1 Å². The third-order valence-electron chi connectivity index (χ3n) is 4.35. The van der Waals surface area contributed by atoms with Gasteiger partial charge in [-0.2, -0.15) is 0 Å². The Morgan fingerprint density at radius 1 is 1.20 bits per heavy atom. The Morgan fingerprint density at radius 2 is 1.93 bits per heavy atom. The molecule has 0 atom stereocenters.